The summed E-state index contributed by atoms with van der Waals surface area (Å²) < 4.78 is 14.0. The van der Waals surface area contributed by atoms with E-state index in [0.717, 1.165) is 41.7 Å². The molecule has 0 amide bonds. The van der Waals surface area contributed by atoms with E-state index in [1.54, 1.807) is 7.11 Å². The van der Waals surface area contributed by atoms with E-state index in [1.165, 1.54) is 5.69 Å². The highest BCUT2D eigenvalue weighted by atomic mass is 79.9. The number of hydrogen-bond donors (Lipinski definition) is 0. The molecule has 0 aliphatic carbocycles. The molecule has 0 saturated carbocycles. The molecule has 1 atom stereocenters. The molecule has 1 fully saturated rings. The van der Waals surface area contributed by atoms with Gasteiger partial charge in [0, 0.05) is 43.1 Å². The van der Waals surface area contributed by atoms with Gasteiger partial charge in [-0.1, -0.05) is 0 Å². The molecule has 1 unspecified atom stereocenters. The molecule has 20 heavy (non-hydrogen) atoms. The Bertz CT molecular complexity index is 605. The number of rotatable bonds is 3. The minimum absolute atomic E-state index is 0.0533. The molecule has 4 nitrogen and oxygen atoms in total. The number of pyridine rings is 1. The average molecular weight is 339 g/mol. The number of fused-ring (bicyclic) bond motifs is 1. The maximum absolute atomic E-state index is 5.42. The molecule has 3 heterocycles. The second kappa shape index (κ2) is 5.84. The van der Waals surface area contributed by atoms with Gasteiger partial charge in [-0.05, 0) is 47.3 Å². The maximum atomic E-state index is 5.42. The Morgan fingerprint density at radius 2 is 2.15 bits per heavy atom. The van der Waals surface area contributed by atoms with E-state index in [4.69, 9.17) is 14.5 Å². The molecule has 5 heteroatoms. The van der Waals surface area contributed by atoms with Crippen molar-refractivity contribution in [1.29, 1.82) is 0 Å². The van der Waals surface area contributed by atoms with E-state index in [1.807, 2.05) is 6.92 Å². The summed E-state index contributed by atoms with van der Waals surface area (Å²) in [6, 6.07) is 2.10. The maximum Gasteiger partial charge on any atom is 0.137 e. The van der Waals surface area contributed by atoms with E-state index in [-0.39, 0.29) is 6.10 Å². The van der Waals surface area contributed by atoms with Crippen molar-refractivity contribution < 1.29 is 9.47 Å². The fourth-order valence-electron chi connectivity index (χ4n) is 2.67. The molecule has 3 rings (SSSR count). The fourth-order valence-corrected chi connectivity index (χ4v) is 3.33. The van der Waals surface area contributed by atoms with Crippen molar-refractivity contribution >= 4 is 21.6 Å². The van der Waals surface area contributed by atoms with Crippen LogP contribution in [0.15, 0.2) is 22.9 Å². The quantitative estimate of drug-likeness (QED) is 0.855. The summed E-state index contributed by atoms with van der Waals surface area (Å²) in [6.45, 7) is 3.72. The summed E-state index contributed by atoms with van der Waals surface area (Å²) in [7, 11) is 1.72. The van der Waals surface area contributed by atoms with E-state index < -0.39 is 0 Å². The number of halogens is 1. The van der Waals surface area contributed by atoms with Crippen LogP contribution < -0.4 is 0 Å². The topological polar surface area (TPSA) is 35.8 Å². The number of hydrogen-bond acceptors (Lipinski definition) is 3. The number of ether oxygens (including phenoxy) is 2. The molecule has 1 saturated heterocycles. The lowest BCUT2D eigenvalue weighted by Crippen LogP contribution is -2.14. The van der Waals surface area contributed by atoms with Crippen LogP contribution in [0.5, 0.6) is 0 Å². The smallest absolute Gasteiger partial charge is 0.137 e. The lowest BCUT2D eigenvalue weighted by atomic mass is 9.97. The van der Waals surface area contributed by atoms with Gasteiger partial charge in [0.1, 0.15) is 5.65 Å². The van der Waals surface area contributed by atoms with Crippen LogP contribution in [-0.4, -0.2) is 29.7 Å². The first-order valence-electron chi connectivity index (χ1n) is 6.97. The molecule has 1 aliphatic rings. The molecule has 0 N–H and O–H groups in total. The van der Waals surface area contributed by atoms with E-state index in [0.29, 0.717) is 5.92 Å². The zero-order chi connectivity index (χ0) is 14.1. The second-order valence-corrected chi connectivity index (χ2v) is 6.13. The van der Waals surface area contributed by atoms with Gasteiger partial charge in [-0.2, -0.15) is 0 Å². The van der Waals surface area contributed by atoms with Gasteiger partial charge in [0.05, 0.1) is 11.8 Å². The predicted octanol–water partition coefficient (Wildman–Crippen LogP) is 3.70. The largest absolute Gasteiger partial charge is 0.381 e. The number of nitrogens with zero attached hydrogens (tertiary/aromatic N) is 2. The van der Waals surface area contributed by atoms with Gasteiger partial charge < -0.3 is 13.9 Å². The fraction of sp³-hybridized carbons (Fsp3) is 0.533. The molecular weight excluding hydrogens is 320 g/mol. The summed E-state index contributed by atoms with van der Waals surface area (Å²) in [4.78, 5) is 4.79. The molecule has 2 aromatic heterocycles. The SMILES string of the molecule is COC(C)c1cc2nc(C3CCOCC3)cn2cc1Br. The Hall–Kier alpha value is -0.910. The van der Waals surface area contributed by atoms with Gasteiger partial charge in [-0.3, -0.25) is 0 Å². The first kappa shape index (κ1) is 14.0. The van der Waals surface area contributed by atoms with Gasteiger partial charge in [0.25, 0.3) is 0 Å². The summed E-state index contributed by atoms with van der Waals surface area (Å²) >= 11 is 3.62. The predicted molar refractivity (Wildman–Crippen MR) is 81.1 cm³/mol. The molecule has 1 aliphatic heterocycles. The number of imidazole rings is 1. The van der Waals surface area contributed by atoms with Crippen LogP contribution >= 0.6 is 15.9 Å². The molecule has 0 bridgehead atoms. The molecule has 0 radical (unpaired) electrons. The lowest BCUT2D eigenvalue weighted by Gasteiger charge is -2.19. The number of methoxy groups -OCH3 is 1. The van der Waals surface area contributed by atoms with Crippen LogP contribution in [0.2, 0.25) is 0 Å². The van der Waals surface area contributed by atoms with Crippen molar-refractivity contribution in [2.24, 2.45) is 0 Å². The molecular formula is C15H19BrN2O2. The summed E-state index contributed by atoms with van der Waals surface area (Å²) in [5.41, 5.74) is 3.28. The Labute approximate surface area is 127 Å². The standard InChI is InChI=1S/C15H19BrN2O2/c1-10(19-2)12-7-15-17-14(9-18(15)8-13(12)16)11-3-5-20-6-4-11/h7-11H,3-6H2,1-2H3. The van der Waals surface area contributed by atoms with E-state index in [2.05, 4.69) is 38.8 Å². The third-order valence-corrected chi connectivity index (χ3v) is 4.69. The Kier molecular flexibility index (Phi) is 4.10. The molecule has 2 aromatic rings. The minimum Gasteiger partial charge on any atom is -0.381 e. The Morgan fingerprint density at radius 1 is 1.40 bits per heavy atom. The molecule has 0 spiro atoms. The molecule has 0 aromatic carbocycles. The molecule has 108 valence electrons. The minimum atomic E-state index is 0.0533. The van der Waals surface area contributed by atoms with Crippen molar-refractivity contribution in [3.8, 4) is 0 Å². The van der Waals surface area contributed by atoms with Crippen LogP contribution in [0.25, 0.3) is 5.65 Å². The lowest BCUT2D eigenvalue weighted by molar-refractivity contribution is 0.0846. The van der Waals surface area contributed by atoms with Crippen LogP contribution in [0.1, 0.15) is 43.0 Å². The summed E-state index contributed by atoms with van der Waals surface area (Å²) in [6.07, 6.45) is 6.38. The normalized spacial score (nSPS) is 18.6. The van der Waals surface area contributed by atoms with Crippen LogP contribution in [-0.2, 0) is 9.47 Å². The zero-order valence-electron chi connectivity index (χ0n) is 11.8. The Morgan fingerprint density at radius 3 is 2.85 bits per heavy atom. The summed E-state index contributed by atoms with van der Waals surface area (Å²) in [5.74, 6) is 0.519. The third-order valence-electron chi connectivity index (χ3n) is 4.02. The van der Waals surface area contributed by atoms with Gasteiger partial charge in [-0.25, -0.2) is 4.98 Å². The highest BCUT2D eigenvalue weighted by molar-refractivity contribution is 9.10. The van der Waals surface area contributed by atoms with Gasteiger partial charge >= 0.3 is 0 Å². The van der Waals surface area contributed by atoms with Crippen LogP contribution in [0.4, 0.5) is 0 Å². The van der Waals surface area contributed by atoms with Crippen LogP contribution in [0.3, 0.4) is 0 Å². The van der Waals surface area contributed by atoms with Crippen molar-refractivity contribution in [1.82, 2.24) is 9.38 Å². The summed E-state index contributed by atoms with van der Waals surface area (Å²) in [5, 5.41) is 0. The van der Waals surface area contributed by atoms with Gasteiger partial charge in [0.15, 0.2) is 0 Å². The van der Waals surface area contributed by atoms with Crippen LogP contribution in [0, 0.1) is 0 Å². The highest BCUT2D eigenvalue weighted by Crippen LogP contribution is 2.30. The van der Waals surface area contributed by atoms with Crippen molar-refractivity contribution in [2.75, 3.05) is 20.3 Å². The third kappa shape index (κ3) is 2.62. The Balaban J connectivity index is 1.98. The van der Waals surface area contributed by atoms with Gasteiger partial charge in [0.2, 0.25) is 0 Å². The first-order valence-corrected chi connectivity index (χ1v) is 7.77. The highest BCUT2D eigenvalue weighted by Gasteiger charge is 2.19. The van der Waals surface area contributed by atoms with Crippen molar-refractivity contribution in [3.05, 3.63) is 34.2 Å². The van der Waals surface area contributed by atoms with E-state index in [9.17, 15) is 0 Å². The zero-order valence-corrected chi connectivity index (χ0v) is 13.4. The number of aromatic nitrogens is 2. The average Bonchev–Trinajstić information content (AvgIpc) is 2.89. The van der Waals surface area contributed by atoms with Crippen molar-refractivity contribution in [3.63, 3.8) is 0 Å². The monoisotopic (exact) mass is 338 g/mol. The second-order valence-electron chi connectivity index (χ2n) is 5.27. The van der Waals surface area contributed by atoms with E-state index >= 15 is 0 Å². The first-order chi connectivity index (χ1) is 9.69. The van der Waals surface area contributed by atoms with Crippen molar-refractivity contribution in [2.45, 2.75) is 31.8 Å². The van der Waals surface area contributed by atoms with Gasteiger partial charge in [-0.15, -0.1) is 0 Å².